The average molecular weight is 428 g/mol. The van der Waals surface area contributed by atoms with E-state index in [4.69, 9.17) is 5.73 Å². The molecule has 30 heavy (non-hydrogen) atoms. The Morgan fingerprint density at radius 2 is 1.30 bits per heavy atom. The van der Waals surface area contributed by atoms with Gasteiger partial charge in [0.25, 0.3) is 0 Å². The number of hydrogen-bond donors (Lipinski definition) is 3. The number of nitrogens with two attached hydrogens (primary N) is 1. The number of carbonyl (C=O) groups excluding carboxylic acids is 2. The Bertz CT molecular complexity index is 1150. The number of halogens is 3. The molecule has 0 saturated heterocycles. The highest BCUT2D eigenvalue weighted by atomic mass is 35.5. The Balaban J connectivity index is 0.00000256. The van der Waals surface area contributed by atoms with Crippen molar-refractivity contribution in [2.45, 2.75) is 0 Å². The van der Waals surface area contributed by atoms with Gasteiger partial charge in [0.2, 0.25) is 11.6 Å². The van der Waals surface area contributed by atoms with Crippen LogP contribution in [-0.2, 0) is 0 Å². The molecule has 1 aliphatic heterocycles. The third-order valence-corrected chi connectivity index (χ3v) is 4.42. The molecule has 4 N–H and O–H groups in total. The number of carbonyl (C=O) groups is 2. The van der Waals surface area contributed by atoms with Crippen LogP contribution in [0.3, 0.4) is 0 Å². The Morgan fingerprint density at radius 3 is 1.87 bits per heavy atom. The summed E-state index contributed by atoms with van der Waals surface area (Å²) < 4.78 is 27.4. The van der Waals surface area contributed by atoms with E-state index in [2.05, 4.69) is 10.6 Å². The number of para-hydroxylation sites is 2. The van der Waals surface area contributed by atoms with Gasteiger partial charge in [-0.15, -0.1) is 12.4 Å². The summed E-state index contributed by atoms with van der Waals surface area (Å²) in [6, 6.07) is 15.7. The van der Waals surface area contributed by atoms with Crippen LogP contribution in [0.4, 0.5) is 25.8 Å². The zero-order valence-corrected chi connectivity index (χ0v) is 16.2. The lowest BCUT2D eigenvalue weighted by Gasteiger charge is -2.12. The highest BCUT2D eigenvalue weighted by Crippen LogP contribution is 2.32. The van der Waals surface area contributed by atoms with E-state index in [9.17, 15) is 18.4 Å². The number of Topliss-reactive ketones (excluding diaryl/α,β-unsaturated/α-hetero) is 2. The molecule has 152 valence electrons. The van der Waals surface area contributed by atoms with E-state index in [0.717, 1.165) is 12.1 Å². The molecule has 5 nitrogen and oxygen atoms in total. The van der Waals surface area contributed by atoms with Crippen molar-refractivity contribution < 1.29 is 18.4 Å². The predicted molar refractivity (Wildman–Crippen MR) is 114 cm³/mol. The molecule has 0 bridgehead atoms. The van der Waals surface area contributed by atoms with Crippen LogP contribution in [0, 0.1) is 11.6 Å². The van der Waals surface area contributed by atoms with E-state index >= 15 is 0 Å². The fourth-order valence-corrected chi connectivity index (χ4v) is 3.11. The summed E-state index contributed by atoms with van der Waals surface area (Å²) in [5.41, 5.74) is 7.06. The molecule has 0 fully saturated rings. The molecule has 8 heteroatoms. The van der Waals surface area contributed by atoms with Gasteiger partial charge in [-0.25, -0.2) is 8.78 Å². The summed E-state index contributed by atoms with van der Waals surface area (Å²) in [6.45, 7) is 0. The molecule has 4 rings (SSSR count). The van der Waals surface area contributed by atoms with E-state index < -0.39 is 23.2 Å². The number of anilines is 3. The maximum absolute atomic E-state index is 13.7. The Hall–Kier alpha value is -3.71. The van der Waals surface area contributed by atoms with Gasteiger partial charge in [-0.05, 0) is 36.4 Å². The SMILES string of the molecule is Cl.Nc1cccc(C(=O)C(C(=O)c2cc(F)cc(F)c2)=C2Nc3ccccc3N2)c1. The summed E-state index contributed by atoms with van der Waals surface area (Å²) >= 11 is 0. The minimum Gasteiger partial charge on any atom is -0.399 e. The number of benzene rings is 3. The second-order valence-electron chi connectivity index (χ2n) is 6.49. The summed E-state index contributed by atoms with van der Waals surface area (Å²) in [7, 11) is 0. The largest absolute Gasteiger partial charge is 0.399 e. The lowest BCUT2D eigenvalue weighted by molar-refractivity contribution is 0.0960. The van der Waals surface area contributed by atoms with Crippen LogP contribution in [0.1, 0.15) is 20.7 Å². The van der Waals surface area contributed by atoms with E-state index in [1.165, 1.54) is 12.1 Å². The van der Waals surface area contributed by atoms with Gasteiger partial charge in [-0.3, -0.25) is 9.59 Å². The summed E-state index contributed by atoms with van der Waals surface area (Å²) in [5.74, 6) is -3.14. The van der Waals surface area contributed by atoms with Crippen LogP contribution in [0.25, 0.3) is 0 Å². The maximum atomic E-state index is 13.7. The first-order chi connectivity index (χ1) is 13.9. The van der Waals surface area contributed by atoms with Crippen molar-refractivity contribution in [3.05, 3.63) is 101 Å². The molecule has 1 aliphatic rings. The van der Waals surface area contributed by atoms with Crippen LogP contribution in [0.5, 0.6) is 0 Å². The summed E-state index contributed by atoms with van der Waals surface area (Å²) in [6.07, 6.45) is 0. The number of rotatable bonds is 4. The molecule has 0 spiro atoms. The van der Waals surface area contributed by atoms with Crippen molar-refractivity contribution >= 4 is 41.0 Å². The Kier molecular flexibility index (Phi) is 5.84. The Labute approximate surface area is 177 Å². The van der Waals surface area contributed by atoms with Gasteiger partial charge in [0.05, 0.1) is 11.4 Å². The minimum atomic E-state index is -0.912. The van der Waals surface area contributed by atoms with Gasteiger partial charge in [-0.2, -0.15) is 0 Å². The molecule has 0 atom stereocenters. The zero-order chi connectivity index (χ0) is 20.5. The molecule has 0 unspecified atom stereocenters. The summed E-state index contributed by atoms with van der Waals surface area (Å²) in [4.78, 5) is 26.4. The van der Waals surface area contributed by atoms with Crippen LogP contribution in [0.2, 0.25) is 0 Å². The van der Waals surface area contributed by atoms with Gasteiger partial charge in [-0.1, -0.05) is 24.3 Å². The molecule has 0 saturated carbocycles. The van der Waals surface area contributed by atoms with Gasteiger partial charge in [0.1, 0.15) is 23.0 Å². The van der Waals surface area contributed by atoms with Crippen LogP contribution in [0.15, 0.2) is 78.1 Å². The number of allylic oxidation sites excluding steroid dienone is 1. The molecule has 1 heterocycles. The second-order valence-corrected chi connectivity index (χ2v) is 6.49. The van der Waals surface area contributed by atoms with Gasteiger partial charge in [0.15, 0.2) is 0 Å². The highest BCUT2D eigenvalue weighted by Gasteiger charge is 2.29. The minimum absolute atomic E-state index is 0. The van der Waals surface area contributed by atoms with Gasteiger partial charge < -0.3 is 16.4 Å². The fraction of sp³-hybridized carbons (Fsp3) is 0. The van der Waals surface area contributed by atoms with E-state index in [-0.39, 0.29) is 34.9 Å². The number of hydrogen-bond acceptors (Lipinski definition) is 5. The van der Waals surface area contributed by atoms with Gasteiger partial charge >= 0.3 is 0 Å². The Morgan fingerprint density at radius 1 is 0.733 bits per heavy atom. The first-order valence-corrected chi connectivity index (χ1v) is 8.71. The quantitative estimate of drug-likeness (QED) is 0.183. The lowest BCUT2D eigenvalue weighted by Crippen LogP contribution is -2.21. The smallest absolute Gasteiger partial charge is 0.200 e. The molecule has 3 aromatic carbocycles. The molecule has 3 aromatic rings. The van der Waals surface area contributed by atoms with Crippen LogP contribution in [-0.4, -0.2) is 11.6 Å². The van der Waals surface area contributed by atoms with E-state index in [0.29, 0.717) is 23.1 Å². The molecule has 0 aliphatic carbocycles. The molecule has 0 radical (unpaired) electrons. The standard InChI is InChI=1S/C22H15F2N3O2.ClH/c23-14-8-13(9-15(24)11-14)21(29)19(20(28)12-4-3-5-16(25)10-12)22-26-17-6-1-2-7-18(17)27-22;/h1-11,26-27H,25H2;1H. The van der Waals surface area contributed by atoms with Gasteiger partial charge in [0, 0.05) is 22.9 Å². The normalized spacial score (nSPS) is 11.6. The zero-order valence-electron chi connectivity index (χ0n) is 15.4. The van der Waals surface area contributed by atoms with E-state index in [1.807, 2.05) is 0 Å². The molecular formula is C22H16ClF2N3O2. The van der Waals surface area contributed by atoms with Crippen LogP contribution < -0.4 is 16.4 Å². The summed E-state index contributed by atoms with van der Waals surface area (Å²) in [5, 5.41) is 5.98. The first kappa shape index (κ1) is 21.0. The third kappa shape index (κ3) is 4.01. The number of nitrogen functional groups attached to an aromatic ring is 1. The van der Waals surface area contributed by atoms with Crippen molar-refractivity contribution in [3.63, 3.8) is 0 Å². The van der Waals surface area contributed by atoms with E-state index in [1.54, 1.807) is 36.4 Å². The van der Waals surface area contributed by atoms with Crippen molar-refractivity contribution in [3.8, 4) is 0 Å². The molecular weight excluding hydrogens is 412 g/mol. The average Bonchev–Trinajstić information content (AvgIpc) is 3.10. The molecule has 0 amide bonds. The van der Waals surface area contributed by atoms with Crippen LogP contribution >= 0.6 is 12.4 Å². The number of fused-ring (bicyclic) bond motifs is 1. The second kappa shape index (κ2) is 8.34. The molecule has 0 aromatic heterocycles. The predicted octanol–water partition coefficient (Wildman–Crippen LogP) is 4.78. The third-order valence-electron chi connectivity index (χ3n) is 4.42. The van der Waals surface area contributed by atoms with Crippen molar-refractivity contribution in [1.82, 2.24) is 0 Å². The maximum Gasteiger partial charge on any atom is 0.200 e. The fourth-order valence-electron chi connectivity index (χ4n) is 3.11. The monoisotopic (exact) mass is 427 g/mol. The highest BCUT2D eigenvalue weighted by molar-refractivity contribution is 6.32. The van der Waals surface area contributed by atoms with Crippen molar-refractivity contribution in [2.24, 2.45) is 0 Å². The lowest BCUT2D eigenvalue weighted by atomic mass is 9.95. The topological polar surface area (TPSA) is 84.2 Å². The number of ketones is 2. The first-order valence-electron chi connectivity index (χ1n) is 8.71. The van der Waals surface area contributed by atoms with Crippen molar-refractivity contribution in [1.29, 1.82) is 0 Å². The number of nitrogens with one attached hydrogen (secondary N) is 2. The van der Waals surface area contributed by atoms with Crippen molar-refractivity contribution in [2.75, 3.05) is 16.4 Å².